The zero-order valence-electron chi connectivity index (χ0n) is 15.9. The molecule has 1 rings (SSSR count). The first-order chi connectivity index (χ1) is 13.2. The van der Waals surface area contributed by atoms with E-state index in [9.17, 15) is 19.5 Å². The van der Waals surface area contributed by atoms with Crippen LogP contribution in [0.25, 0.3) is 0 Å². The molecule has 3 amide bonds. The third-order valence-corrected chi connectivity index (χ3v) is 4.47. The molecule has 4 atom stereocenters. The molecule has 0 aliphatic rings. The number of halogens is 1. The van der Waals surface area contributed by atoms with Crippen molar-refractivity contribution in [2.45, 2.75) is 37.5 Å². The molecule has 0 radical (unpaired) electrons. The molecule has 0 aromatic heterocycles. The zero-order chi connectivity index (χ0) is 21.3. The van der Waals surface area contributed by atoms with Gasteiger partial charge in [-0.15, -0.1) is 0 Å². The van der Waals surface area contributed by atoms with Crippen LogP contribution in [-0.4, -0.2) is 61.2 Å². The van der Waals surface area contributed by atoms with Crippen molar-refractivity contribution in [3.8, 4) is 0 Å². The van der Waals surface area contributed by atoms with E-state index in [1.807, 2.05) is 6.07 Å². The minimum atomic E-state index is -1.25. The van der Waals surface area contributed by atoms with Crippen molar-refractivity contribution in [3.63, 3.8) is 0 Å². The largest absolute Gasteiger partial charge is 0.391 e. The van der Waals surface area contributed by atoms with Gasteiger partial charge in [0, 0.05) is 31.0 Å². The van der Waals surface area contributed by atoms with Crippen molar-refractivity contribution in [2.24, 2.45) is 11.5 Å². The number of aliphatic hydroxyl groups excluding tert-OH is 1. The molecule has 0 saturated carbocycles. The van der Waals surface area contributed by atoms with Crippen molar-refractivity contribution in [3.05, 3.63) is 34.9 Å². The number of likely N-dealkylation sites (N-methyl/N-ethyl adjacent to an activating group) is 1. The van der Waals surface area contributed by atoms with Gasteiger partial charge in [0.15, 0.2) is 0 Å². The van der Waals surface area contributed by atoms with E-state index in [-0.39, 0.29) is 25.4 Å². The smallest absolute Gasteiger partial charge is 0.245 e. The number of hydrogen-bond donors (Lipinski definition) is 6. The van der Waals surface area contributed by atoms with Crippen LogP contribution in [0.15, 0.2) is 24.3 Å². The van der Waals surface area contributed by atoms with E-state index in [1.54, 1.807) is 18.2 Å². The monoisotopic (exact) mass is 413 g/mol. The molecule has 0 spiro atoms. The summed E-state index contributed by atoms with van der Waals surface area (Å²) < 4.78 is 0. The molecule has 1 unspecified atom stereocenters. The van der Waals surface area contributed by atoms with Gasteiger partial charge in [-0.25, -0.2) is 0 Å². The Morgan fingerprint density at radius 1 is 1.14 bits per heavy atom. The predicted octanol–water partition coefficient (Wildman–Crippen LogP) is -1.17. The fourth-order valence-corrected chi connectivity index (χ4v) is 2.83. The van der Waals surface area contributed by atoms with Crippen molar-refractivity contribution >= 4 is 29.3 Å². The van der Waals surface area contributed by atoms with Gasteiger partial charge in [0.25, 0.3) is 0 Å². The molecule has 1 aromatic carbocycles. The highest BCUT2D eigenvalue weighted by molar-refractivity contribution is 6.30. The summed E-state index contributed by atoms with van der Waals surface area (Å²) in [5, 5.41) is 17.7. The van der Waals surface area contributed by atoms with Gasteiger partial charge in [-0.1, -0.05) is 23.7 Å². The van der Waals surface area contributed by atoms with Crippen LogP contribution in [0.5, 0.6) is 0 Å². The highest BCUT2D eigenvalue weighted by atomic mass is 35.5. The molecule has 28 heavy (non-hydrogen) atoms. The maximum absolute atomic E-state index is 12.4. The first-order valence-corrected chi connectivity index (χ1v) is 9.26. The summed E-state index contributed by atoms with van der Waals surface area (Å²) in [5.74, 6) is -1.97. The number of rotatable bonds is 10. The van der Waals surface area contributed by atoms with Crippen molar-refractivity contribution in [2.75, 3.05) is 20.1 Å². The fourth-order valence-electron chi connectivity index (χ4n) is 2.63. The summed E-state index contributed by atoms with van der Waals surface area (Å²) in [5.41, 5.74) is 12.1. The van der Waals surface area contributed by atoms with E-state index >= 15 is 0 Å². The van der Waals surface area contributed by atoms with E-state index in [1.165, 1.54) is 14.0 Å². The average molecular weight is 414 g/mol. The number of carbonyl (C=O) groups excluding carboxylic acids is 3. The number of nitrogens with one attached hydrogen (secondary N) is 3. The molecule has 9 nitrogen and oxygen atoms in total. The van der Waals surface area contributed by atoms with Crippen LogP contribution < -0.4 is 27.4 Å². The summed E-state index contributed by atoms with van der Waals surface area (Å²) in [6.45, 7) is 1.43. The topological polar surface area (TPSA) is 160 Å². The molecule has 0 aliphatic carbocycles. The maximum atomic E-state index is 12.4. The van der Waals surface area contributed by atoms with E-state index < -0.39 is 35.9 Å². The molecule has 0 aliphatic heterocycles. The highest BCUT2D eigenvalue weighted by Crippen LogP contribution is 2.21. The second kappa shape index (κ2) is 11.6. The lowest BCUT2D eigenvalue weighted by Gasteiger charge is -2.24. The minimum absolute atomic E-state index is 0.00308. The van der Waals surface area contributed by atoms with Gasteiger partial charge in [-0.3, -0.25) is 14.4 Å². The number of amides is 3. The molecule has 0 bridgehead atoms. The Morgan fingerprint density at radius 3 is 2.32 bits per heavy atom. The lowest BCUT2D eigenvalue weighted by Crippen LogP contribution is -2.58. The van der Waals surface area contributed by atoms with E-state index in [2.05, 4.69) is 16.0 Å². The van der Waals surface area contributed by atoms with Crippen LogP contribution in [-0.2, 0) is 14.4 Å². The minimum Gasteiger partial charge on any atom is -0.391 e. The third kappa shape index (κ3) is 7.08. The van der Waals surface area contributed by atoms with Gasteiger partial charge < -0.3 is 32.5 Å². The number of aliphatic hydroxyl groups is 1. The van der Waals surface area contributed by atoms with Crippen molar-refractivity contribution in [1.82, 2.24) is 16.0 Å². The van der Waals surface area contributed by atoms with Gasteiger partial charge in [0.2, 0.25) is 17.7 Å². The zero-order valence-corrected chi connectivity index (χ0v) is 16.7. The van der Waals surface area contributed by atoms with E-state index in [0.717, 1.165) is 5.56 Å². The van der Waals surface area contributed by atoms with E-state index in [4.69, 9.17) is 23.1 Å². The number of nitrogens with two attached hydrogens (primary N) is 2. The number of carbonyl (C=O) groups is 3. The molecule has 1 aromatic rings. The summed E-state index contributed by atoms with van der Waals surface area (Å²) >= 11 is 5.98. The summed E-state index contributed by atoms with van der Waals surface area (Å²) in [4.78, 5) is 36.5. The summed E-state index contributed by atoms with van der Waals surface area (Å²) in [7, 11) is 1.41. The Kier molecular flexibility index (Phi) is 9.88. The Balaban J connectivity index is 2.80. The standard InChI is InChI=1S/C18H28ClN5O4/c1-10(25)16(18(28)23-14(9-21)17(27)22-2)24-15(26)7-12(8-20)11-4-3-5-13(19)6-11/h3-6,10,12,14,16,25H,7-9,20-21H2,1-2H3,(H,22,27)(H,23,28)(H,24,26)/t10-,12?,14+,16+/m1/s1. The molecule has 0 fully saturated rings. The molecular formula is C18H28ClN5O4. The van der Waals surface area contributed by atoms with Gasteiger partial charge in [-0.05, 0) is 31.2 Å². The Hall–Kier alpha value is -2.20. The lowest BCUT2D eigenvalue weighted by atomic mass is 9.95. The first kappa shape index (κ1) is 23.8. The van der Waals surface area contributed by atoms with Gasteiger partial charge in [0.05, 0.1) is 6.10 Å². The van der Waals surface area contributed by atoms with E-state index in [0.29, 0.717) is 5.02 Å². The fraction of sp³-hybridized carbons (Fsp3) is 0.500. The molecule has 8 N–H and O–H groups in total. The highest BCUT2D eigenvalue weighted by Gasteiger charge is 2.29. The van der Waals surface area contributed by atoms with Crippen LogP contribution in [0.2, 0.25) is 5.02 Å². The molecule has 10 heteroatoms. The Labute approximate surface area is 169 Å². The predicted molar refractivity (Wildman–Crippen MR) is 107 cm³/mol. The number of hydrogen-bond acceptors (Lipinski definition) is 6. The van der Waals surface area contributed by atoms with Crippen LogP contribution >= 0.6 is 11.6 Å². The van der Waals surface area contributed by atoms with Gasteiger partial charge in [-0.2, -0.15) is 0 Å². The second-order valence-electron chi connectivity index (χ2n) is 6.39. The molecule has 0 saturated heterocycles. The van der Waals surface area contributed by atoms with Crippen molar-refractivity contribution < 1.29 is 19.5 Å². The second-order valence-corrected chi connectivity index (χ2v) is 6.83. The Morgan fingerprint density at radius 2 is 1.82 bits per heavy atom. The molecular weight excluding hydrogens is 386 g/mol. The normalized spacial score (nSPS) is 15.1. The quantitative estimate of drug-likeness (QED) is 0.283. The SMILES string of the molecule is CNC(=O)[C@H](CN)NC(=O)[C@@H](NC(=O)CC(CN)c1cccc(Cl)c1)[C@@H](C)O. The number of benzene rings is 1. The van der Waals surface area contributed by atoms with Crippen molar-refractivity contribution in [1.29, 1.82) is 0 Å². The van der Waals surface area contributed by atoms with Crippen LogP contribution in [0.1, 0.15) is 24.8 Å². The first-order valence-electron chi connectivity index (χ1n) is 8.88. The molecule has 156 valence electrons. The Bertz CT molecular complexity index is 686. The lowest BCUT2D eigenvalue weighted by molar-refractivity contribution is -0.134. The van der Waals surface area contributed by atoms with Crippen LogP contribution in [0, 0.1) is 0 Å². The van der Waals surface area contributed by atoms with Gasteiger partial charge in [0.1, 0.15) is 12.1 Å². The maximum Gasteiger partial charge on any atom is 0.245 e. The van der Waals surface area contributed by atoms with Gasteiger partial charge >= 0.3 is 0 Å². The third-order valence-electron chi connectivity index (χ3n) is 4.23. The van der Waals surface area contributed by atoms with Crippen LogP contribution in [0.4, 0.5) is 0 Å². The summed E-state index contributed by atoms with van der Waals surface area (Å²) in [6, 6.07) is 4.79. The molecule has 0 heterocycles. The average Bonchev–Trinajstić information content (AvgIpc) is 2.67. The summed E-state index contributed by atoms with van der Waals surface area (Å²) in [6.07, 6.45) is -1.18. The van der Waals surface area contributed by atoms with Crippen LogP contribution in [0.3, 0.4) is 0 Å².